The van der Waals surface area contributed by atoms with E-state index in [-0.39, 0.29) is 6.10 Å². The first-order chi connectivity index (χ1) is 8.65. The molecule has 1 saturated heterocycles. The molecule has 2 unspecified atom stereocenters. The highest BCUT2D eigenvalue weighted by Crippen LogP contribution is 2.29. The number of hydrogen-bond acceptors (Lipinski definition) is 4. The van der Waals surface area contributed by atoms with Crippen molar-refractivity contribution in [3.63, 3.8) is 0 Å². The normalized spacial score (nSPS) is 23.6. The molecule has 18 heavy (non-hydrogen) atoms. The quantitative estimate of drug-likeness (QED) is 0.864. The number of β-amino-alcohol motifs (C(OH)–C–C–N with tert-alkyl or cyclic N) is 1. The van der Waals surface area contributed by atoms with Gasteiger partial charge in [-0.3, -0.25) is 0 Å². The predicted octanol–water partition coefficient (Wildman–Crippen LogP) is 1.77. The van der Waals surface area contributed by atoms with Gasteiger partial charge in [-0.15, -0.1) is 0 Å². The van der Waals surface area contributed by atoms with E-state index in [4.69, 9.17) is 10.00 Å². The number of piperidine rings is 1. The number of hydrogen-bond donors (Lipinski definition) is 1. The Labute approximate surface area is 107 Å². The van der Waals surface area contributed by atoms with E-state index in [2.05, 4.69) is 17.9 Å². The fourth-order valence-electron chi connectivity index (χ4n) is 2.26. The molecule has 2 rings (SSSR count). The van der Waals surface area contributed by atoms with Crippen molar-refractivity contribution in [2.45, 2.75) is 19.4 Å². The van der Waals surface area contributed by atoms with Crippen LogP contribution in [0.15, 0.2) is 18.2 Å². The first-order valence-electron chi connectivity index (χ1n) is 6.17. The fraction of sp³-hybridized carbons (Fsp3) is 0.500. The third kappa shape index (κ3) is 2.41. The van der Waals surface area contributed by atoms with Crippen LogP contribution in [0.5, 0.6) is 5.75 Å². The second kappa shape index (κ2) is 5.28. The lowest BCUT2D eigenvalue weighted by molar-refractivity contribution is 0.103. The number of rotatable bonds is 2. The number of benzene rings is 1. The summed E-state index contributed by atoms with van der Waals surface area (Å²) in [6.07, 6.45) is 0.597. The van der Waals surface area contributed by atoms with Crippen LogP contribution in [0.2, 0.25) is 0 Å². The van der Waals surface area contributed by atoms with E-state index in [1.54, 1.807) is 19.2 Å². The number of ether oxygens (including phenoxy) is 1. The van der Waals surface area contributed by atoms with Gasteiger partial charge in [-0.2, -0.15) is 5.26 Å². The average molecular weight is 246 g/mol. The van der Waals surface area contributed by atoms with Crippen LogP contribution in [-0.2, 0) is 0 Å². The second-order valence-corrected chi connectivity index (χ2v) is 4.77. The molecule has 2 atom stereocenters. The zero-order valence-electron chi connectivity index (χ0n) is 10.8. The second-order valence-electron chi connectivity index (χ2n) is 4.77. The largest absolute Gasteiger partial charge is 0.497 e. The molecular weight excluding hydrogens is 228 g/mol. The van der Waals surface area contributed by atoms with E-state index in [1.165, 1.54) is 0 Å². The van der Waals surface area contributed by atoms with Crippen molar-refractivity contribution < 1.29 is 9.84 Å². The van der Waals surface area contributed by atoms with Crippen LogP contribution in [0, 0.1) is 17.2 Å². The summed E-state index contributed by atoms with van der Waals surface area (Å²) in [7, 11) is 1.61. The standard InChI is InChI=1S/C14H18N2O2/c1-10-5-6-16(9-14(10)17)13-7-12(18-2)4-3-11(13)8-15/h3-4,7,10,14,17H,5-6,9H2,1-2H3. The van der Waals surface area contributed by atoms with Crippen LogP contribution >= 0.6 is 0 Å². The average Bonchev–Trinajstić information content (AvgIpc) is 2.41. The summed E-state index contributed by atoms with van der Waals surface area (Å²) in [5, 5.41) is 19.1. The van der Waals surface area contributed by atoms with Gasteiger partial charge in [0, 0.05) is 19.2 Å². The Kier molecular flexibility index (Phi) is 3.73. The SMILES string of the molecule is COc1ccc(C#N)c(N2CCC(C)C(O)C2)c1. The molecule has 0 amide bonds. The minimum absolute atomic E-state index is 0.317. The maximum atomic E-state index is 9.94. The topological polar surface area (TPSA) is 56.5 Å². The van der Waals surface area contributed by atoms with Gasteiger partial charge in [0.2, 0.25) is 0 Å². The smallest absolute Gasteiger partial charge is 0.121 e. The Morgan fingerprint density at radius 2 is 2.28 bits per heavy atom. The first kappa shape index (κ1) is 12.7. The molecular formula is C14H18N2O2. The Morgan fingerprint density at radius 3 is 2.89 bits per heavy atom. The highest BCUT2D eigenvalue weighted by molar-refractivity contribution is 5.62. The van der Waals surface area contributed by atoms with E-state index >= 15 is 0 Å². The molecule has 0 spiro atoms. The van der Waals surface area contributed by atoms with Crippen molar-refractivity contribution in [1.82, 2.24) is 0 Å². The van der Waals surface area contributed by atoms with Crippen LogP contribution in [0.25, 0.3) is 0 Å². The van der Waals surface area contributed by atoms with Gasteiger partial charge in [0.15, 0.2) is 0 Å². The molecule has 1 aromatic rings. The van der Waals surface area contributed by atoms with E-state index in [0.717, 1.165) is 24.4 Å². The summed E-state index contributed by atoms with van der Waals surface area (Å²) in [5.74, 6) is 1.05. The lowest BCUT2D eigenvalue weighted by Crippen LogP contribution is -2.43. The summed E-state index contributed by atoms with van der Waals surface area (Å²) in [4.78, 5) is 2.06. The third-order valence-electron chi connectivity index (χ3n) is 3.58. The number of anilines is 1. The van der Waals surface area contributed by atoms with Crippen molar-refractivity contribution in [3.05, 3.63) is 23.8 Å². The van der Waals surface area contributed by atoms with Gasteiger partial charge in [0.25, 0.3) is 0 Å². The lowest BCUT2D eigenvalue weighted by atomic mass is 9.95. The van der Waals surface area contributed by atoms with Crippen molar-refractivity contribution in [2.75, 3.05) is 25.1 Å². The van der Waals surface area contributed by atoms with Gasteiger partial charge in [0.05, 0.1) is 24.5 Å². The molecule has 1 heterocycles. The van der Waals surface area contributed by atoms with Crippen molar-refractivity contribution in [1.29, 1.82) is 5.26 Å². The van der Waals surface area contributed by atoms with Crippen molar-refractivity contribution in [3.8, 4) is 11.8 Å². The molecule has 0 aliphatic carbocycles. The molecule has 1 fully saturated rings. The van der Waals surface area contributed by atoms with Crippen LogP contribution < -0.4 is 9.64 Å². The number of nitriles is 1. The molecule has 4 nitrogen and oxygen atoms in total. The summed E-state index contributed by atoms with van der Waals surface area (Å²) in [6.45, 7) is 3.49. The molecule has 1 N–H and O–H groups in total. The monoisotopic (exact) mass is 246 g/mol. The fourth-order valence-corrected chi connectivity index (χ4v) is 2.26. The van der Waals surface area contributed by atoms with E-state index in [9.17, 15) is 5.11 Å². The number of methoxy groups -OCH3 is 1. The molecule has 0 aromatic heterocycles. The molecule has 1 aliphatic heterocycles. The summed E-state index contributed by atoms with van der Waals surface area (Å²) >= 11 is 0. The number of aliphatic hydroxyl groups excluding tert-OH is 1. The first-order valence-corrected chi connectivity index (χ1v) is 6.17. The summed E-state index contributed by atoms with van der Waals surface area (Å²) in [6, 6.07) is 7.60. The minimum Gasteiger partial charge on any atom is -0.497 e. The van der Waals surface area contributed by atoms with Crippen LogP contribution in [-0.4, -0.2) is 31.4 Å². The molecule has 0 radical (unpaired) electrons. The zero-order valence-corrected chi connectivity index (χ0v) is 10.8. The Morgan fingerprint density at radius 1 is 1.50 bits per heavy atom. The Hall–Kier alpha value is -1.73. The maximum Gasteiger partial charge on any atom is 0.121 e. The number of nitrogens with zero attached hydrogens (tertiary/aromatic N) is 2. The van der Waals surface area contributed by atoms with Gasteiger partial charge in [-0.25, -0.2) is 0 Å². The van der Waals surface area contributed by atoms with E-state index < -0.39 is 0 Å². The number of aliphatic hydroxyl groups is 1. The van der Waals surface area contributed by atoms with Gasteiger partial charge in [-0.05, 0) is 24.5 Å². The van der Waals surface area contributed by atoms with Crippen molar-refractivity contribution >= 4 is 5.69 Å². The van der Waals surface area contributed by atoms with Gasteiger partial charge < -0.3 is 14.7 Å². The Bertz CT molecular complexity index is 467. The molecule has 1 aliphatic rings. The molecule has 96 valence electrons. The maximum absolute atomic E-state index is 9.94. The lowest BCUT2D eigenvalue weighted by Gasteiger charge is -2.36. The summed E-state index contributed by atoms with van der Waals surface area (Å²) in [5.41, 5.74) is 1.47. The van der Waals surface area contributed by atoms with Gasteiger partial charge >= 0.3 is 0 Å². The van der Waals surface area contributed by atoms with E-state index in [1.807, 2.05) is 6.07 Å². The van der Waals surface area contributed by atoms with E-state index in [0.29, 0.717) is 18.0 Å². The van der Waals surface area contributed by atoms with Gasteiger partial charge in [0.1, 0.15) is 11.8 Å². The van der Waals surface area contributed by atoms with Crippen LogP contribution in [0.4, 0.5) is 5.69 Å². The molecule has 0 saturated carbocycles. The highest BCUT2D eigenvalue weighted by Gasteiger charge is 2.25. The van der Waals surface area contributed by atoms with Crippen LogP contribution in [0.3, 0.4) is 0 Å². The summed E-state index contributed by atoms with van der Waals surface area (Å²) < 4.78 is 5.19. The molecule has 4 heteroatoms. The Balaban J connectivity index is 2.29. The zero-order chi connectivity index (χ0) is 13.1. The predicted molar refractivity (Wildman–Crippen MR) is 69.7 cm³/mol. The molecule has 0 bridgehead atoms. The highest BCUT2D eigenvalue weighted by atomic mass is 16.5. The van der Waals surface area contributed by atoms with Crippen molar-refractivity contribution in [2.24, 2.45) is 5.92 Å². The third-order valence-corrected chi connectivity index (χ3v) is 3.58. The van der Waals surface area contributed by atoms with Crippen LogP contribution in [0.1, 0.15) is 18.9 Å². The van der Waals surface area contributed by atoms with Gasteiger partial charge in [-0.1, -0.05) is 6.92 Å². The molecule has 1 aromatic carbocycles. The minimum atomic E-state index is -0.337.